The van der Waals surface area contributed by atoms with Crippen molar-refractivity contribution in [2.45, 2.75) is 25.7 Å². The fourth-order valence-electron chi connectivity index (χ4n) is 2.70. The zero-order valence-electron chi connectivity index (χ0n) is 14.0. The van der Waals surface area contributed by atoms with Gasteiger partial charge in [0.15, 0.2) is 0 Å². The molecule has 1 aromatic heterocycles. The largest absolute Gasteiger partial charge is 0.497 e. The van der Waals surface area contributed by atoms with Crippen molar-refractivity contribution < 1.29 is 32.2 Å². The quantitative estimate of drug-likeness (QED) is 0.758. The average molecular weight is 370 g/mol. The van der Waals surface area contributed by atoms with Crippen LogP contribution in [0.5, 0.6) is 11.5 Å². The number of carbonyl (C=O) groups is 1. The highest BCUT2D eigenvalue weighted by molar-refractivity contribution is 5.73. The van der Waals surface area contributed by atoms with Gasteiger partial charge in [-0.1, -0.05) is 6.07 Å². The Hall–Kier alpha value is -2.71. The van der Waals surface area contributed by atoms with Gasteiger partial charge < -0.3 is 18.8 Å². The van der Waals surface area contributed by atoms with E-state index in [4.69, 9.17) is 14.2 Å². The lowest BCUT2D eigenvalue weighted by molar-refractivity contribution is -0.152. The zero-order chi connectivity index (χ0) is 18.7. The standard InChI is InChI=1S/C17H17F3N2O4/c1-24-13-3-2-11-6-12(8-25-14(11)7-13)16(23)26-9-15-21-4-5-22(15)10-17(18,19)20/h2-5,7,12H,6,8-10H2,1H3/t12-/m1/s1. The minimum absolute atomic E-state index is 0.0394. The number of nitrogens with zero attached hydrogens (tertiary/aromatic N) is 2. The van der Waals surface area contributed by atoms with Gasteiger partial charge in [-0.3, -0.25) is 4.79 Å². The Morgan fingerprint density at radius 3 is 2.96 bits per heavy atom. The molecule has 26 heavy (non-hydrogen) atoms. The summed E-state index contributed by atoms with van der Waals surface area (Å²) >= 11 is 0. The number of halogens is 3. The van der Waals surface area contributed by atoms with Gasteiger partial charge in [-0.2, -0.15) is 13.2 Å². The van der Waals surface area contributed by atoms with Crippen LogP contribution in [0.15, 0.2) is 30.6 Å². The molecular formula is C17H17F3N2O4. The van der Waals surface area contributed by atoms with Gasteiger partial charge in [-0.05, 0) is 18.1 Å². The smallest absolute Gasteiger partial charge is 0.406 e. The molecule has 1 aliphatic heterocycles. The van der Waals surface area contributed by atoms with E-state index in [0.717, 1.165) is 10.1 Å². The number of ether oxygens (including phenoxy) is 3. The Morgan fingerprint density at radius 2 is 2.23 bits per heavy atom. The van der Waals surface area contributed by atoms with Crippen LogP contribution in [0.1, 0.15) is 11.4 Å². The van der Waals surface area contributed by atoms with E-state index >= 15 is 0 Å². The lowest BCUT2D eigenvalue weighted by Gasteiger charge is -2.24. The van der Waals surface area contributed by atoms with Crippen molar-refractivity contribution in [3.8, 4) is 11.5 Å². The highest BCUT2D eigenvalue weighted by atomic mass is 19.4. The van der Waals surface area contributed by atoms with E-state index in [1.807, 2.05) is 6.07 Å². The molecule has 1 aliphatic rings. The van der Waals surface area contributed by atoms with Gasteiger partial charge in [-0.15, -0.1) is 0 Å². The van der Waals surface area contributed by atoms with E-state index in [2.05, 4.69) is 4.98 Å². The molecule has 0 radical (unpaired) electrons. The molecule has 140 valence electrons. The van der Waals surface area contributed by atoms with Gasteiger partial charge in [0.05, 0.1) is 13.0 Å². The molecule has 2 aromatic rings. The molecule has 2 heterocycles. The second-order valence-electron chi connectivity index (χ2n) is 5.88. The SMILES string of the molecule is COc1ccc2c(c1)OC[C@H](C(=O)OCc1nccn1CC(F)(F)F)C2. The molecule has 0 spiro atoms. The van der Waals surface area contributed by atoms with Gasteiger partial charge in [0.2, 0.25) is 0 Å². The summed E-state index contributed by atoms with van der Waals surface area (Å²) in [6.45, 7) is -1.37. The summed E-state index contributed by atoms with van der Waals surface area (Å²) in [7, 11) is 1.55. The fraction of sp³-hybridized carbons (Fsp3) is 0.412. The van der Waals surface area contributed by atoms with Crippen LogP contribution in [0.4, 0.5) is 13.2 Å². The number of carbonyl (C=O) groups excluding carboxylic acids is 1. The van der Waals surface area contributed by atoms with E-state index in [-0.39, 0.29) is 19.0 Å². The van der Waals surface area contributed by atoms with E-state index in [9.17, 15) is 18.0 Å². The van der Waals surface area contributed by atoms with Crippen LogP contribution < -0.4 is 9.47 Å². The second kappa shape index (κ2) is 7.27. The van der Waals surface area contributed by atoms with Gasteiger partial charge in [0.25, 0.3) is 0 Å². The number of aromatic nitrogens is 2. The lowest BCUT2D eigenvalue weighted by Crippen LogP contribution is -2.30. The van der Waals surface area contributed by atoms with Crippen LogP contribution in [-0.4, -0.2) is 35.4 Å². The number of methoxy groups -OCH3 is 1. The normalized spacial score (nSPS) is 16.5. The zero-order valence-corrected chi connectivity index (χ0v) is 14.0. The Morgan fingerprint density at radius 1 is 1.42 bits per heavy atom. The van der Waals surface area contributed by atoms with Crippen LogP contribution in [0.3, 0.4) is 0 Å². The Bertz CT molecular complexity index is 789. The molecule has 0 aliphatic carbocycles. The molecule has 0 saturated heterocycles. The van der Waals surface area contributed by atoms with Gasteiger partial charge in [0.1, 0.15) is 37.1 Å². The first-order chi connectivity index (χ1) is 12.4. The van der Waals surface area contributed by atoms with Gasteiger partial charge >= 0.3 is 12.1 Å². The van der Waals surface area contributed by atoms with Crippen LogP contribution in [0, 0.1) is 5.92 Å². The number of fused-ring (bicyclic) bond motifs is 1. The van der Waals surface area contributed by atoms with E-state index in [0.29, 0.717) is 17.9 Å². The predicted molar refractivity (Wildman–Crippen MR) is 83.8 cm³/mol. The number of hydrogen-bond donors (Lipinski definition) is 0. The first kappa shape index (κ1) is 18.1. The second-order valence-corrected chi connectivity index (χ2v) is 5.88. The molecule has 0 unspecified atom stereocenters. The molecule has 0 N–H and O–H groups in total. The topological polar surface area (TPSA) is 62.6 Å². The maximum atomic E-state index is 12.5. The average Bonchev–Trinajstić information content (AvgIpc) is 3.03. The van der Waals surface area contributed by atoms with Crippen LogP contribution in [0.25, 0.3) is 0 Å². The van der Waals surface area contributed by atoms with Crippen molar-refractivity contribution >= 4 is 5.97 Å². The summed E-state index contributed by atoms with van der Waals surface area (Å²) in [5.41, 5.74) is 0.845. The summed E-state index contributed by atoms with van der Waals surface area (Å²) in [6.07, 6.45) is -1.51. The number of imidazole rings is 1. The first-order valence-electron chi connectivity index (χ1n) is 7.89. The maximum absolute atomic E-state index is 12.5. The van der Waals surface area contributed by atoms with Crippen molar-refractivity contribution in [1.82, 2.24) is 9.55 Å². The van der Waals surface area contributed by atoms with Crippen molar-refractivity contribution in [2.75, 3.05) is 13.7 Å². The summed E-state index contributed by atoms with van der Waals surface area (Å²) in [5, 5.41) is 0. The molecule has 1 atom stereocenters. The third-order valence-electron chi connectivity index (χ3n) is 4.01. The number of alkyl halides is 3. The summed E-state index contributed by atoms with van der Waals surface area (Å²) in [4.78, 5) is 16.0. The summed E-state index contributed by atoms with van der Waals surface area (Å²) < 4.78 is 54.3. The van der Waals surface area contributed by atoms with Crippen molar-refractivity contribution in [3.63, 3.8) is 0 Å². The third-order valence-corrected chi connectivity index (χ3v) is 4.01. The molecular weight excluding hydrogens is 353 g/mol. The van der Waals surface area contributed by atoms with Gasteiger partial charge in [0, 0.05) is 18.5 Å². The number of esters is 1. The molecule has 0 fully saturated rings. The molecule has 0 bridgehead atoms. The number of benzene rings is 1. The molecule has 6 nitrogen and oxygen atoms in total. The summed E-state index contributed by atoms with van der Waals surface area (Å²) in [5.74, 6) is 0.280. The van der Waals surface area contributed by atoms with Crippen LogP contribution in [-0.2, 0) is 29.1 Å². The first-order valence-corrected chi connectivity index (χ1v) is 7.89. The van der Waals surface area contributed by atoms with Crippen molar-refractivity contribution in [1.29, 1.82) is 0 Å². The fourth-order valence-corrected chi connectivity index (χ4v) is 2.70. The van der Waals surface area contributed by atoms with E-state index in [1.165, 1.54) is 12.4 Å². The third kappa shape index (κ3) is 4.27. The van der Waals surface area contributed by atoms with E-state index < -0.39 is 24.6 Å². The number of rotatable bonds is 5. The minimum atomic E-state index is -4.37. The summed E-state index contributed by atoms with van der Waals surface area (Å²) in [6, 6.07) is 5.32. The minimum Gasteiger partial charge on any atom is -0.497 e. The Labute approximate surface area is 147 Å². The van der Waals surface area contributed by atoms with E-state index in [1.54, 1.807) is 19.2 Å². The maximum Gasteiger partial charge on any atom is 0.406 e. The van der Waals surface area contributed by atoms with Crippen LogP contribution in [0.2, 0.25) is 0 Å². The van der Waals surface area contributed by atoms with Gasteiger partial charge in [-0.25, -0.2) is 4.98 Å². The molecule has 9 heteroatoms. The Balaban J connectivity index is 1.59. The molecule has 0 saturated carbocycles. The highest BCUT2D eigenvalue weighted by Gasteiger charge is 2.30. The van der Waals surface area contributed by atoms with Crippen LogP contribution >= 0.6 is 0 Å². The molecule has 1 aromatic carbocycles. The molecule has 0 amide bonds. The van der Waals surface area contributed by atoms with Crippen molar-refractivity contribution in [3.05, 3.63) is 42.0 Å². The monoisotopic (exact) mass is 370 g/mol. The lowest BCUT2D eigenvalue weighted by atomic mass is 9.97. The van der Waals surface area contributed by atoms with Crippen molar-refractivity contribution in [2.24, 2.45) is 5.92 Å². The predicted octanol–water partition coefficient (Wildman–Crippen LogP) is 2.75. The molecule has 3 rings (SSSR count). The highest BCUT2D eigenvalue weighted by Crippen LogP contribution is 2.31. The number of hydrogen-bond acceptors (Lipinski definition) is 5. The Kier molecular flexibility index (Phi) is 5.06.